The van der Waals surface area contributed by atoms with E-state index in [1.54, 1.807) is 7.11 Å². The fourth-order valence-corrected chi connectivity index (χ4v) is 1.13. The van der Waals surface area contributed by atoms with E-state index in [9.17, 15) is 4.79 Å². The minimum absolute atomic E-state index is 0.146. The van der Waals surface area contributed by atoms with Gasteiger partial charge in [0.2, 0.25) is 0 Å². The summed E-state index contributed by atoms with van der Waals surface area (Å²) < 4.78 is 15.1. The molecule has 1 fully saturated rings. The van der Waals surface area contributed by atoms with Crippen LogP contribution in [0.4, 0.5) is 0 Å². The Morgan fingerprint density at radius 1 is 1.69 bits per heavy atom. The second-order valence-corrected chi connectivity index (χ2v) is 2.86. The summed E-state index contributed by atoms with van der Waals surface area (Å²) in [6, 6.07) is 0. The fourth-order valence-electron chi connectivity index (χ4n) is 1.13. The normalized spacial score (nSPS) is 27.8. The van der Waals surface area contributed by atoms with Crippen LogP contribution >= 0.6 is 0 Å². The molecule has 1 rings (SSSR count). The average Bonchev–Trinajstić information content (AvgIpc) is 2.53. The van der Waals surface area contributed by atoms with E-state index in [0.717, 1.165) is 6.42 Å². The van der Waals surface area contributed by atoms with E-state index < -0.39 is 12.1 Å². The van der Waals surface area contributed by atoms with Gasteiger partial charge in [-0.05, 0) is 6.42 Å². The lowest BCUT2D eigenvalue weighted by Crippen LogP contribution is -2.22. The molecular formula is C8H14O5. The Hall–Kier alpha value is -0.650. The first-order valence-electron chi connectivity index (χ1n) is 4.23. The molecule has 0 aromatic rings. The summed E-state index contributed by atoms with van der Waals surface area (Å²) in [6.45, 7) is 0.786. The topological polar surface area (TPSA) is 65.0 Å². The van der Waals surface area contributed by atoms with E-state index >= 15 is 0 Å². The average molecular weight is 190 g/mol. The molecule has 0 aliphatic carbocycles. The molecule has 0 radical (unpaired) electrons. The quantitative estimate of drug-likeness (QED) is 0.629. The van der Waals surface area contributed by atoms with Crippen LogP contribution in [-0.4, -0.2) is 43.8 Å². The maximum Gasteiger partial charge on any atom is 0.335 e. The van der Waals surface area contributed by atoms with Gasteiger partial charge in [-0.25, -0.2) is 4.79 Å². The summed E-state index contributed by atoms with van der Waals surface area (Å²) in [6.07, 6.45) is 0.314. The van der Waals surface area contributed by atoms with Crippen molar-refractivity contribution in [3.63, 3.8) is 0 Å². The van der Waals surface area contributed by atoms with Crippen molar-refractivity contribution >= 4 is 5.97 Å². The van der Waals surface area contributed by atoms with Gasteiger partial charge in [-0.3, -0.25) is 0 Å². The molecule has 0 spiro atoms. The third-order valence-electron chi connectivity index (χ3n) is 1.81. The number of carboxylic acid groups (broad SMARTS) is 1. The van der Waals surface area contributed by atoms with Crippen molar-refractivity contribution < 1.29 is 24.1 Å². The highest BCUT2D eigenvalue weighted by atomic mass is 16.7. The number of ether oxygens (including phenoxy) is 3. The van der Waals surface area contributed by atoms with Gasteiger partial charge >= 0.3 is 5.97 Å². The highest BCUT2D eigenvalue weighted by molar-refractivity contribution is 5.72. The van der Waals surface area contributed by atoms with Crippen LogP contribution in [-0.2, 0) is 19.0 Å². The van der Waals surface area contributed by atoms with Crippen molar-refractivity contribution in [3.8, 4) is 0 Å². The lowest BCUT2D eigenvalue weighted by Gasteiger charge is -2.08. The lowest BCUT2D eigenvalue weighted by atomic mass is 10.3. The van der Waals surface area contributed by atoms with E-state index in [1.807, 2.05) is 0 Å². The zero-order valence-corrected chi connectivity index (χ0v) is 7.56. The summed E-state index contributed by atoms with van der Waals surface area (Å²) in [4.78, 5) is 10.4. The van der Waals surface area contributed by atoms with Gasteiger partial charge in [0.05, 0.1) is 6.61 Å². The summed E-state index contributed by atoms with van der Waals surface area (Å²) >= 11 is 0. The van der Waals surface area contributed by atoms with Crippen LogP contribution in [0.25, 0.3) is 0 Å². The SMILES string of the molecule is COCCCC1OCC(C(=O)O)O1. The Labute approximate surface area is 76.6 Å². The van der Waals surface area contributed by atoms with Crippen molar-refractivity contribution in [1.82, 2.24) is 0 Å². The molecule has 5 heteroatoms. The maximum atomic E-state index is 10.4. The van der Waals surface area contributed by atoms with E-state index in [4.69, 9.17) is 19.3 Å². The summed E-state index contributed by atoms with van der Waals surface area (Å²) in [5.74, 6) is -0.964. The first kappa shape index (κ1) is 10.4. The number of hydrogen-bond acceptors (Lipinski definition) is 4. The molecule has 0 aromatic heterocycles. The number of methoxy groups -OCH3 is 1. The van der Waals surface area contributed by atoms with E-state index in [0.29, 0.717) is 13.0 Å². The molecule has 2 unspecified atom stereocenters. The molecule has 5 nitrogen and oxygen atoms in total. The smallest absolute Gasteiger partial charge is 0.335 e. The standard InChI is InChI=1S/C8H14O5/c1-11-4-2-3-7-12-5-6(13-7)8(9)10/h6-7H,2-5H2,1H3,(H,9,10). The Bertz CT molecular complexity index is 170. The molecule has 2 atom stereocenters. The minimum Gasteiger partial charge on any atom is -0.479 e. The zero-order valence-electron chi connectivity index (χ0n) is 7.56. The molecule has 1 saturated heterocycles. The molecule has 1 N–H and O–H groups in total. The Morgan fingerprint density at radius 2 is 2.46 bits per heavy atom. The number of carboxylic acids is 1. The van der Waals surface area contributed by atoms with Crippen molar-refractivity contribution in [2.75, 3.05) is 20.3 Å². The monoisotopic (exact) mass is 190 g/mol. The highest BCUT2D eigenvalue weighted by Gasteiger charge is 2.30. The largest absolute Gasteiger partial charge is 0.479 e. The number of carbonyl (C=O) groups is 1. The zero-order chi connectivity index (χ0) is 9.68. The Kier molecular flexibility index (Phi) is 4.14. The molecular weight excluding hydrogens is 176 g/mol. The minimum atomic E-state index is -0.964. The molecule has 13 heavy (non-hydrogen) atoms. The van der Waals surface area contributed by atoms with Crippen molar-refractivity contribution in [3.05, 3.63) is 0 Å². The van der Waals surface area contributed by atoms with Crippen molar-refractivity contribution in [2.24, 2.45) is 0 Å². The van der Waals surface area contributed by atoms with Crippen molar-refractivity contribution in [2.45, 2.75) is 25.2 Å². The summed E-state index contributed by atoms with van der Waals surface area (Å²) in [5, 5.41) is 8.57. The number of aliphatic carboxylic acids is 1. The molecule has 76 valence electrons. The van der Waals surface area contributed by atoms with Crippen LogP contribution in [0.1, 0.15) is 12.8 Å². The van der Waals surface area contributed by atoms with Crippen LogP contribution in [0.2, 0.25) is 0 Å². The van der Waals surface area contributed by atoms with Crippen molar-refractivity contribution in [1.29, 1.82) is 0 Å². The summed E-state index contributed by atoms with van der Waals surface area (Å²) in [7, 11) is 1.62. The fraction of sp³-hybridized carbons (Fsp3) is 0.875. The third-order valence-corrected chi connectivity index (χ3v) is 1.81. The first-order chi connectivity index (χ1) is 6.24. The molecule has 0 saturated carbocycles. The Morgan fingerprint density at radius 3 is 3.00 bits per heavy atom. The molecule has 0 aromatic carbocycles. The molecule has 1 aliphatic rings. The highest BCUT2D eigenvalue weighted by Crippen LogP contribution is 2.15. The van der Waals surface area contributed by atoms with Gasteiger partial charge in [0.25, 0.3) is 0 Å². The van der Waals surface area contributed by atoms with Gasteiger partial charge in [-0.2, -0.15) is 0 Å². The Balaban J connectivity index is 2.14. The predicted molar refractivity (Wildman–Crippen MR) is 43.4 cm³/mol. The van der Waals surface area contributed by atoms with E-state index in [2.05, 4.69) is 0 Å². The van der Waals surface area contributed by atoms with Crippen LogP contribution in [0, 0.1) is 0 Å². The third kappa shape index (κ3) is 3.30. The molecule has 1 heterocycles. The van der Waals surface area contributed by atoms with Crippen LogP contribution in [0.3, 0.4) is 0 Å². The molecule has 0 amide bonds. The van der Waals surface area contributed by atoms with Gasteiger partial charge in [-0.1, -0.05) is 0 Å². The van der Waals surface area contributed by atoms with Gasteiger partial charge in [0.15, 0.2) is 12.4 Å². The van der Waals surface area contributed by atoms with Crippen LogP contribution in [0.15, 0.2) is 0 Å². The predicted octanol–water partition coefficient (Wildman–Crippen LogP) is 0.239. The van der Waals surface area contributed by atoms with Crippen LogP contribution < -0.4 is 0 Å². The number of hydrogen-bond donors (Lipinski definition) is 1. The van der Waals surface area contributed by atoms with Gasteiger partial charge in [-0.15, -0.1) is 0 Å². The van der Waals surface area contributed by atoms with Crippen LogP contribution in [0.5, 0.6) is 0 Å². The number of rotatable bonds is 5. The van der Waals surface area contributed by atoms with E-state index in [-0.39, 0.29) is 12.9 Å². The lowest BCUT2D eigenvalue weighted by molar-refractivity contribution is -0.150. The van der Waals surface area contributed by atoms with Gasteiger partial charge < -0.3 is 19.3 Å². The molecule has 0 bridgehead atoms. The molecule has 1 aliphatic heterocycles. The summed E-state index contributed by atoms with van der Waals surface area (Å²) in [5.41, 5.74) is 0. The second-order valence-electron chi connectivity index (χ2n) is 2.86. The first-order valence-corrected chi connectivity index (χ1v) is 4.23. The van der Waals surface area contributed by atoms with E-state index in [1.165, 1.54) is 0 Å². The van der Waals surface area contributed by atoms with Gasteiger partial charge in [0.1, 0.15) is 0 Å². The second kappa shape index (κ2) is 5.16. The maximum absolute atomic E-state index is 10.4. The van der Waals surface area contributed by atoms with Gasteiger partial charge in [0, 0.05) is 20.1 Å².